The Hall–Kier alpha value is -2.74. The number of carbonyl (C=O) groups excluding carboxylic acids is 2. The molecule has 0 aliphatic carbocycles. The van der Waals surface area contributed by atoms with Crippen molar-refractivity contribution in [1.82, 2.24) is 14.5 Å². The lowest BCUT2D eigenvalue weighted by Crippen LogP contribution is -2.55. The molecule has 0 saturated carbocycles. The molecule has 7 nitrogen and oxygen atoms in total. The fourth-order valence-corrected chi connectivity index (χ4v) is 3.95. The number of hydrogen-bond donors (Lipinski definition) is 0. The van der Waals surface area contributed by atoms with Gasteiger partial charge < -0.3 is 19.1 Å². The quantitative estimate of drug-likeness (QED) is 0.792. The van der Waals surface area contributed by atoms with Crippen molar-refractivity contribution in [2.24, 2.45) is 7.05 Å². The van der Waals surface area contributed by atoms with Gasteiger partial charge in [0, 0.05) is 32.0 Å². The first-order valence-electron chi connectivity index (χ1n) is 9.43. The maximum atomic E-state index is 13.6. The van der Waals surface area contributed by atoms with Gasteiger partial charge in [-0.15, -0.1) is 0 Å². The fourth-order valence-electron chi connectivity index (χ4n) is 3.95. The summed E-state index contributed by atoms with van der Waals surface area (Å²) < 4.78 is 21.4. The van der Waals surface area contributed by atoms with Crippen LogP contribution in [0.15, 0.2) is 36.8 Å². The van der Waals surface area contributed by atoms with Gasteiger partial charge in [-0.05, 0) is 37.5 Å². The SMILES string of the molecule is Cn1cnc(C(=O)N2CCCC3(CC2)CN(c2cccc(F)c2)C(=O)CO3)c1. The predicted molar refractivity (Wildman–Crippen MR) is 100 cm³/mol. The van der Waals surface area contributed by atoms with Crippen molar-refractivity contribution in [3.05, 3.63) is 48.3 Å². The van der Waals surface area contributed by atoms with E-state index in [0.717, 1.165) is 12.8 Å². The average Bonchev–Trinajstić information content (AvgIpc) is 3.01. The van der Waals surface area contributed by atoms with Crippen LogP contribution in [0.25, 0.3) is 0 Å². The van der Waals surface area contributed by atoms with E-state index < -0.39 is 5.60 Å². The molecular formula is C20H23FN4O3. The summed E-state index contributed by atoms with van der Waals surface area (Å²) in [5.74, 6) is -0.646. The number of aromatic nitrogens is 2. The molecule has 4 rings (SSSR count). The van der Waals surface area contributed by atoms with Crippen LogP contribution in [0.3, 0.4) is 0 Å². The zero-order valence-electron chi connectivity index (χ0n) is 15.8. The van der Waals surface area contributed by atoms with Gasteiger partial charge in [-0.1, -0.05) is 6.07 Å². The summed E-state index contributed by atoms with van der Waals surface area (Å²) >= 11 is 0. The van der Waals surface area contributed by atoms with E-state index in [-0.39, 0.29) is 24.2 Å². The lowest BCUT2D eigenvalue weighted by molar-refractivity contribution is -0.140. The summed E-state index contributed by atoms with van der Waals surface area (Å²) in [7, 11) is 1.83. The van der Waals surface area contributed by atoms with Crippen molar-refractivity contribution in [1.29, 1.82) is 0 Å². The van der Waals surface area contributed by atoms with Crippen LogP contribution in [0.1, 0.15) is 29.8 Å². The van der Waals surface area contributed by atoms with Crippen molar-refractivity contribution in [2.45, 2.75) is 24.9 Å². The lowest BCUT2D eigenvalue weighted by Gasteiger charge is -2.42. The number of anilines is 1. The van der Waals surface area contributed by atoms with E-state index in [2.05, 4.69) is 4.98 Å². The predicted octanol–water partition coefficient (Wildman–Crippen LogP) is 1.99. The highest BCUT2D eigenvalue weighted by Gasteiger charge is 2.42. The van der Waals surface area contributed by atoms with Gasteiger partial charge in [-0.25, -0.2) is 9.37 Å². The monoisotopic (exact) mass is 386 g/mol. The smallest absolute Gasteiger partial charge is 0.274 e. The standard InChI is InChI=1S/C20H23FN4O3/c1-23-11-17(22-14-23)19(27)24-8-3-6-20(7-9-24)13-25(18(26)12-28-20)16-5-2-4-15(21)10-16/h2,4-5,10-11,14H,3,6-9,12-13H2,1H3. The second kappa shape index (κ2) is 7.35. The largest absolute Gasteiger partial charge is 0.363 e. The average molecular weight is 386 g/mol. The summed E-state index contributed by atoms with van der Waals surface area (Å²) in [5, 5.41) is 0. The number of imidazole rings is 1. The van der Waals surface area contributed by atoms with Crippen LogP contribution < -0.4 is 4.90 Å². The number of ether oxygens (including phenoxy) is 1. The van der Waals surface area contributed by atoms with Crippen LogP contribution >= 0.6 is 0 Å². The number of amides is 2. The third-order valence-electron chi connectivity index (χ3n) is 5.48. The van der Waals surface area contributed by atoms with Gasteiger partial charge in [0.25, 0.3) is 11.8 Å². The molecule has 2 amide bonds. The molecule has 3 heterocycles. The van der Waals surface area contributed by atoms with Gasteiger partial charge in [0.15, 0.2) is 0 Å². The Kier molecular flexibility index (Phi) is 4.89. The van der Waals surface area contributed by atoms with Crippen molar-refractivity contribution in [3.63, 3.8) is 0 Å². The van der Waals surface area contributed by atoms with Gasteiger partial charge in [-0.3, -0.25) is 9.59 Å². The zero-order valence-corrected chi connectivity index (χ0v) is 15.8. The van der Waals surface area contributed by atoms with Crippen LogP contribution in [0.5, 0.6) is 0 Å². The van der Waals surface area contributed by atoms with Gasteiger partial charge >= 0.3 is 0 Å². The molecule has 1 aromatic carbocycles. The van der Waals surface area contributed by atoms with Crippen molar-refractivity contribution < 1.29 is 18.7 Å². The molecule has 1 atom stereocenters. The molecule has 2 fully saturated rings. The van der Waals surface area contributed by atoms with Crippen molar-refractivity contribution in [3.8, 4) is 0 Å². The Morgan fingerprint density at radius 2 is 2.14 bits per heavy atom. The number of hydrogen-bond acceptors (Lipinski definition) is 4. The van der Waals surface area contributed by atoms with Crippen molar-refractivity contribution >= 4 is 17.5 Å². The number of aryl methyl sites for hydroxylation is 1. The van der Waals surface area contributed by atoms with Crippen molar-refractivity contribution in [2.75, 3.05) is 31.1 Å². The van der Waals surface area contributed by atoms with Gasteiger partial charge in [0.1, 0.15) is 18.1 Å². The minimum atomic E-state index is -0.528. The fraction of sp³-hybridized carbons (Fsp3) is 0.450. The topological polar surface area (TPSA) is 67.7 Å². The Labute approximate surface area is 162 Å². The third kappa shape index (κ3) is 3.64. The minimum absolute atomic E-state index is 0.0370. The molecular weight excluding hydrogens is 363 g/mol. The Balaban J connectivity index is 1.49. The molecule has 8 heteroatoms. The Bertz CT molecular complexity index is 899. The minimum Gasteiger partial charge on any atom is -0.363 e. The van der Waals surface area contributed by atoms with E-state index in [0.29, 0.717) is 37.4 Å². The van der Waals surface area contributed by atoms with E-state index in [9.17, 15) is 14.0 Å². The summed E-state index contributed by atoms with van der Waals surface area (Å²) in [6, 6.07) is 6.05. The highest BCUT2D eigenvalue weighted by atomic mass is 19.1. The number of likely N-dealkylation sites (tertiary alicyclic amines) is 1. The summed E-state index contributed by atoms with van der Waals surface area (Å²) in [5.41, 5.74) is 0.442. The third-order valence-corrected chi connectivity index (χ3v) is 5.48. The Morgan fingerprint density at radius 3 is 2.89 bits per heavy atom. The van der Waals surface area contributed by atoms with E-state index >= 15 is 0 Å². The first kappa shape index (κ1) is 18.6. The van der Waals surface area contributed by atoms with Crippen LogP contribution in [-0.4, -0.2) is 58.1 Å². The van der Waals surface area contributed by atoms with Crippen LogP contribution in [0.2, 0.25) is 0 Å². The van der Waals surface area contributed by atoms with Gasteiger partial charge in [-0.2, -0.15) is 0 Å². The highest BCUT2D eigenvalue weighted by molar-refractivity contribution is 5.95. The van der Waals surface area contributed by atoms with Crippen LogP contribution in [0.4, 0.5) is 10.1 Å². The first-order chi connectivity index (χ1) is 13.5. The molecule has 2 aromatic rings. The van der Waals surface area contributed by atoms with Gasteiger partial charge in [0.05, 0.1) is 18.5 Å². The van der Waals surface area contributed by atoms with E-state index in [1.807, 2.05) is 7.05 Å². The molecule has 0 N–H and O–H groups in total. The van der Waals surface area contributed by atoms with Crippen LogP contribution in [0, 0.1) is 5.82 Å². The molecule has 0 bridgehead atoms. The molecule has 148 valence electrons. The summed E-state index contributed by atoms with van der Waals surface area (Å²) in [6.45, 7) is 1.47. The molecule has 2 aliphatic rings. The normalized spacial score (nSPS) is 23.1. The Morgan fingerprint density at radius 1 is 1.29 bits per heavy atom. The highest BCUT2D eigenvalue weighted by Crippen LogP contribution is 2.33. The lowest BCUT2D eigenvalue weighted by atomic mass is 9.92. The van der Waals surface area contributed by atoms with Crippen LogP contribution in [-0.2, 0) is 16.6 Å². The summed E-state index contributed by atoms with van der Waals surface area (Å²) in [6.07, 6.45) is 5.44. The molecule has 1 unspecified atom stereocenters. The zero-order chi connectivity index (χ0) is 19.7. The maximum absolute atomic E-state index is 13.6. The summed E-state index contributed by atoms with van der Waals surface area (Å²) in [4.78, 5) is 32.6. The number of morpholine rings is 1. The second-order valence-corrected chi connectivity index (χ2v) is 7.50. The second-order valence-electron chi connectivity index (χ2n) is 7.50. The number of carbonyl (C=O) groups is 2. The molecule has 1 aromatic heterocycles. The molecule has 0 radical (unpaired) electrons. The number of rotatable bonds is 2. The number of halogens is 1. The molecule has 28 heavy (non-hydrogen) atoms. The molecule has 2 aliphatic heterocycles. The van der Waals surface area contributed by atoms with Gasteiger partial charge in [0.2, 0.25) is 0 Å². The number of nitrogens with zero attached hydrogens (tertiary/aromatic N) is 4. The molecule has 2 saturated heterocycles. The van der Waals surface area contributed by atoms with E-state index in [1.165, 1.54) is 12.1 Å². The first-order valence-corrected chi connectivity index (χ1v) is 9.43. The number of benzene rings is 1. The maximum Gasteiger partial charge on any atom is 0.274 e. The van der Waals surface area contributed by atoms with E-state index in [4.69, 9.17) is 4.74 Å². The molecule has 1 spiro atoms. The van der Waals surface area contributed by atoms with E-state index in [1.54, 1.807) is 39.0 Å².